The van der Waals surface area contributed by atoms with Crippen molar-refractivity contribution < 1.29 is 14.4 Å². The van der Waals surface area contributed by atoms with Crippen molar-refractivity contribution in [2.45, 2.75) is 19.4 Å². The molecule has 200 valence electrons. The van der Waals surface area contributed by atoms with E-state index in [2.05, 4.69) is 34.5 Å². The SMILES string of the molecule is CCN1C(=O)NC(c2ccc(Cl)cc2Cl)C2=C1CN(CC(=O)N1CCN(CCc3ccccc3)CC1)C2=O. The molecule has 5 rings (SSSR count). The summed E-state index contributed by atoms with van der Waals surface area (Å²) in [4.78, 5) is 47.0. The molecule has 1 unspecified atom stereocenters. The molecule has 0 aliphatic carbocycles. The molecule has 1 atom stereocenters. The average molecular weight is 556 g/mol. The lowest BCUT2D eigenvalue weighted by atomic mass is 9.95. The van der Waals surface area contributed by atoms with E-state index in [-0.39, 0.29) is 30.9 Å². The molecule has 0 bridgehead atoms. The van der Waals surface area contributed by atoms with Crippen molar-refractivity contribution in [3.8, 4) is 0 Å². The van der Waals surface area contributed by atoms with Crippen LogP contribution in [0, 0.1) is 0 Å². The van der Waals surface area contributed by atoms with Gasteiger partial charge in [0, 0.05) is 49.3 Å². The molecule has 1 N–H and O–H groups in total. The van der Waals surface area contributed by atoms with Crippen LogP contribution in [-0.4, -0.2) is 89.8 Å². The topological polar surface area (TPSA) is 76.2 Å². The lowest BCUT2D eigenvalue weighted by Crippen LogP contribution is -2.51. The molecule has 0 spiro atoms. The number of rotatable bonds is 7. The highest BCUT2D eigenvalue weighted by Crippen LogP contribution is 2.39. The van der Waals surface area contributed by atoms with Gasteiger partial charge < -0.3 is 15.1 Å². The van der Waals surface area contributed by atoms with Crippen molar-refractivity contribution in [2.24, 2.45) is 0 Å². The normalized spacial score (nSPS) is 20.2. The number of carbonyl (C=O) groups is 3. The number of nitrogens with one attached hydrogen (secondary N) is 1. The summed E-state index contributed by atoms with van der Waals surface area (Å²) in [5.41, 5.74) is 2.98. The third kappa shape index (κ3) is 5.39. The number of nitrogens with zero attached hydrogens (tertiary/aromatic N) is 4. The number of likely N-dealkylation sites (N-methyl/N-ethyl adjacent to an activating group) is 1. The van der Waals surface area contributed by atoms with Gasteiger partial charge in [-0.05, 0) is 36.6 Å². The highest BCUT2D eigenvalue weighted by atomic mass is 35.5. The number of hydrogen-bond donors (Lipinski definition) is 1. The second-order valence-corrected chi connectivity index (χ2v) is 10.6. The van der Waals surface area contributed by atoms with Gasteiger partial charge in [-0.25, -0.2) is 4.79 Å². The molecule has 0 saturated carbocycles. The highest BCUT2D eigenvalue weighted by Gasteiger charge is 2.44. The molecular weight excluding hydrogens is 525 g/mol. The van der Waals surface area contributed by atoms with Crippen LogP contribution in [0.5, 0.6) is 0 Å². The molecule has 38 heavy (non-hydrogen) atoms. The average Bonchev–Trinajstić information content (AvgIpc) is 3.23. The number of halogens is 2. The van der Waals surface area contributed by atoms with Gasteiger partial charge in [0.25, 0.3) is 5.91 Å². The zero-order valence-corrected chi connectivity index (χ0v) is 22.8. The van der Waals surface area contributed by atoms with Crippen LogP contribution in [0.1, 0.15) is 24.1 Å². The van der Waals surface area contributed by atoms with Crippen molar-refractivity contribution in [1.82, 2.24) is 24.9 Å². The number of piperazine rings is 1. The van der Waals surface area contributed by atoms with Gasteiger partial charge in [0.15, 0.2) is 0 Å². The Hall–Kier alpha value is -3.07. The van der Waals surface area contributed by atoms with E-state index in [0.717, 1.165) is 26.1 Å². The Morgan fingerprint density at radius 3 is 2.45 bits per heavy atom. The van der Waals surface area contributed by atoms with Crippen LogP contribution >= 0.6 is 23.2 Å². The molecule has 10 heteroatoms. The summed E-state index contributed by atoms with van der Waals surface area (Å²) in [5, 5.41) is 3.75. The van der Waals surface area contributed by atoms with E-state index in [9.17, 15) is 14.4 Å². The van der Waals surface area contributed by atoms with Gasteiger partial charge in [0.05, 0.1) is 23.9 Å². The van der Waals surface area contributed by atoms with Gasteiger partial charge in [-0.15, -0.1) is 0 Å². The van der Waals surface area contributed by atoms with Gasteiger partial charge >= 0.3 is 6.03 Å². The summed E-state index contributed by atoms with van der Waals surface area (Å²) in [6, 6.07) is 14.4. The van der Waals surface area contributed by atoms with Crippen molar-refractivity contribution in [3.05, 3.63) is 81.0 Å². The van der Waals surface area contributed by atoms with Crippen LogP contribution in [0.25, 0.3) is 0 Å². The maximum absolute atomic E-state index is 13.6. The Labute approximate surface area is 232 Å². The zero-order valence-electron chi connectivity index (χ0n) is 21.3. The molecule has 3 aliphatic rings. The predicted octanol–water partition coefficient (Wildman–Crippen LogP) is 3.56. The number of benzene rings is 2. The third-order valence-corrected chi connectivity index (χ3v) is 8.06. The largest absolute Gasteiger partial charge is 0.339 e. The number of urea groups is 1. The molecule has 0 radical (unpaired) electrons. The van der Waals surface area contributed by atoms with Crippen LogP contribution in [0.2, 0.25) is 10.0 Å². The fourth-order valence-electron chi connectivity index (χ4n) is 5.40. The molecule has 3 heterocycles. The molecule has 4 amide bonds. The molecule has 2 aromatic rings. The zero-order chi connectivity index (χ0) is 26.8. The second-order valence-electron chi connectivity index (χ2n) is 9.77. The maximum atomic E-state index is 13.6. The Bertz CT molecular complexity index is 1260. The minimum atomic E-state index is -0.703. The summed E-state index contributed by atoms with van der Waals surface area (Å²) in [6.45, 7) is 6.28. The molecule has 8 nitrogen and oxygen atoms in total. The monoisotopic (exact) mass is 555 g/mol. The van der Waals surface area contributed by atoms with E-state index in [0.29, 0.717) is 46.5 Å². The highest BCUT2D eigenvalue weighted by molar-refractivity contribution is 6.35. The smallest absolute Gasteiger partial charge is 0.322 e. The van der Waals surface area contributed by atoms with Crippen molar-refractivity contribution in [3.63, 3.8) is 0 Å². The van der Waals surface area contributed by atoms with E-state index in [1.807, 2.05) is 17.9 Å². The first-order valence-electron chi connectivity index (χ1n) is 12.9. The van der Waals surface area contributed by atoms with Gasteiger partial charge in [-0.2, -0.15) is 0 Å². The molecule has 3 aliphatic heterocycles. The Morgan fingerprint density at radius 1 is 1.03 bits per heavy atom. The van der Waals surface area contributed by atoms with Crippen LogP contribution in [0.15, 0.2) is 59.8 Å². The Morgan fingerprint density at radius 2 is 1.76 bits per heavy atom. The standard InChI is InChI=1S/C28H31Cl2N5O3/c1-2-35-23-17-34(27(37)25(23)26(31-28(35)38)21-9-8-20(29)16-22(21)30)18-24(36)33-14-12-32(13-15-33)11-10-19-6-4-3-5-7-19/h3-9,16,26H,2,10-15,17-18H2,1H3,(H,31,38). The predicted molar refractivity (Wildman–Crippen MR) is 147 cm³/mol. The van der Waals surface area contributed by atoms with Crippen molar-refractivity contribution >= 4 is 41.0 Å². The molecule has 2 aromatic carbocycles. The maximum Gasteiger partial charge on any atom is 0.322 e. The fourth-order valence-corrected chi connectivity index (χ4v) is 5.91. The fraction of sp³-hybridized carbons (Fsp3) is 0.393. The van der Waals surface area contributed by atoms with Crippen LogP contribution in [0.4, 0.5) is 4.79 Å². The molecule has 0 aromatic heterocycles. The summed E-state index contributed by atoms with van der Waals surface area (Å²) in [6.07, 6.45) is 0.980. The third-order valence-electron chi connectivity index (χ3n) is 7.50. The lowest BCUT2D eigenvalue weighted by Gasteiger charge is -2.35. The van der Waals surface area contributed by atoms with Gasteiger partial charge in [0.1, 0.15) is 6.54 Å². The van der Waals surface area contributed by atoms with Gasteiger partial charge in [-0.1, -0.05) is 59.6 Å². The van der Waals surface area contributed by atoms with E-state index in [1.165, 1.54) is 10.5 Å². The molecule has 1 saturated heterocycles. The van der Waals surface area contributed by atoms with Crippen LogP contribution in [0.3, 0.4) is 0 Å². The summed E-state index contributed by atoms with van der Waals surface area (Å²) < 4.78 is 0. The van der Waals surface area contributed by atoms with Gasteiger partial charge in [0.2, 0.25) is 5.91 Å². The molecule has 1 fully saturated rings. The van der Waals surface area contributed by atoms with E-state index in [4.69, 9.17) is 23.2 Å². The summed E-state index contributed by atoms with van der Waals surface area (Å²) >= 11 is 12.5. The first-order valence-corrected chi connectivity index (χ1v) is 13.7. The lowest BCUT2D eigenvalue weighted by molar-refractivity contribution is -0.138. The van der Waals surface area contributed by atoms with Crippen molar-refractivity contribution in [1.29, 1.82) is 0 Å². The van der Waals surface area contributed by atoms with Crippen LogP contribution in [-0.2, 0) is 16.0 Å². The number of hydrogen-bond acceptors (Lipinski definition) is 4. The van der Waals surface area contributed by atoms with E-state index >= 15 is 0 Å². The van der Waals surface area contributed by atoms with E-state index < -0.39 is 6.04 Å². The van der Waals surface area contributed by atoms with Crippen LogP contribution < -0.4 is 5.32 Å². The first kappa shape index (κ1) is 26.5. The number of amides is 4. The Kier molecular flexibility index (Phi) is 7.93. The van der Waals surface area contributed by atoms with Gasteiger partial charge in [-0.3, -0.25) is 19.4 Å². The quantitative estimate of drug-likeness (QED) is 0.566. The van der Waals surface area contributed by atoms with E-state index in [1.54, 1.807) is 23.1 Å². The summed E-state index contributed by atoms with van der Waals surface area (Å²) in [5.74, 6) is -0.339. The molecular formula is C28H31Cl2N5O3. The number of carbonyl (C=O) groups excluding carboxylic acids is 3. The first-order chi connectivity index (χ1) is 18.4. The second kappa shape index (κ2) is 11.4. The van der Waals surface area contributed by atoms with Crippen molar-refractivity contribution in [2.75, 3.05) is 52.4 Å². The summed E-state index contributed by atoms with van der Waals surface area (Å²) in [7, 11) is 0. The Balaban J connectivity index is 1.23. The minimum absolute atomic E-state index is 0.0251. The minimum Gasteiger partial charge on any atom is -0.339 e.